The van der Waals surface area contributed by atoms with Gasteiger partial charge in [0.25, 0.3) is 0 Å². The van der Waals surface area contributed by atoms with Gasteiger partial charge in [-0.25, -0.2) is 0 Å². The molecule has 1 heterocycles. The molecule has 0 aromatic rings. The Kier molecular flexibility index (Phi) is 3.50. The Bertz CT molecular complexity index is 264. The molecule has 1 saturated heterocycles. The molecule has 1 amide bonds. The molecule has 1 unspecified atom stereocenters. The maximum atomic E-state index is 11.6. The highest BCUT2D eigenvalue weighted by Gasteiger charge is 2.36. The number of carbonyl (C=O) groups is 1. The minimum absolute atomic E-state index is 0.0358. The fraction of sp³-hybridized carbons (Fsp3) is 0.917. The number of likely N-dealkylation sites (N-methyl/N-ethyl adjacent to an activating group) is 1. The summed E-state index contributed by atoms with van der Waals surface area (Å²) in [4.78, 5) is 13.8. The Balaban J connectivity index is 1.83. The van der Waals surface area contributed by atoms with E-state index in [1.165, 1.54) is 0 Å². The van der Waals surface area contributed by atoms with Crippen LogP contribution in [-0.4, -0.2) is 47.2 Å². The third-order valence-corrected chi connectivity index (χ3v) is 4.02. The van der Waals surface area contributed by atoms with Gasteiger partial charge in [0.2, 0.25) is 5.91 Å². The molecule has 1 atom stereocenters. The molecule has 0 aromatic carbocycles. The number of nitrogens with zero attached hydrogens (tertiary/aromatic N) is 1. The highest BCUT2D eigenvalue weighted by Crippen LogP contribution is 2.34. The zero-order valence-electron chi connectivity index (χ0n) is 10.0. The highest BCUT2D eigenvalue weighted by atomic mass is 16.3. The minimum atomic E-state index is -0.428. The third kappa shape index (κ3) is 2.38. The van der Waals surface area contributed by atoms with Gasteiger partial charge in [-0.3, -0.25) is 9.69 Å². The lowest BCUT2D eigenvalue weighted by Gasteiger charge is -2.38. The van der Waals surface area contributed by atoms with Crippen molar-refractivity contribution in [1.82, 2.24) is 10.2 Å². The van der Waals surface area contributed by atoms with E-state index in [-0.39, 0.29) is 11.9 Å². The Labute approximate surface area is 97.0 Å². The number of amides is 1. The van der Waals surface area contributed by atoms with Gasteiger partial charge in [0.05, 0.1) is 11.6 Å². The normalized spacial score (nSPS) is 27.9. The second-order valence-electron chi connectivity index (χ2n) is 5.05. The first kappa shape index (κ1) is 11.9. The molecule has 0 radical (unpaired) electrons. The summed E-state index contributed by atoms with van der Waals surface area (Å²) in [6.45, 7) is 4.60. The summed E-state index contributed by atoms with van der Waals surface area (Å²) in [7, 11) is 0. The first-order valence-corrected chi connectivity index (χ1v) is 6.39. The molecular weight excluding hydrogens is 204 g/mol. The van der Waals surface area contributed by atoms with Gasteiger partial charge in [-0.05, 0) is 38.6 Å². The third-order valence-electron chi connectivity index (χ3n) is 4.02. The van der Waals surface area contributed by atoms with Gasteiger partial charge >= 0.3 is 0 Å². The lowest BCUT2D eigenvalue weighted by molar-refractivity contribution is -0.124. The van der Waals surface area contributed by atoms with Crippen molar-refractivity contribution in [3.8, 4) is 0 Å². The lowest BCUT2D eigenvalue weighted by atomic mass is 9.78. The average Bonchev–Trinajstić information content (AvgIpc) is 2.63. The van der Waals surface area contributed by atoms with Gasteiger partial charge in [-0.2, -0.15) is 0 Å². The summed E-state index contributed by atoms with van der Waals surface area (Å²) in [6, 6.07) is 0.0358. The average molecular weight is 226 g/mol. The Hall–Kier alpha value is -0.610. The van der Waals surface area contributed by atoms with E-state index >= 15 is 0 Å². The Morgan fingerprint density at radius 1 is 1.56 bits per heavy atom. The molecule has 1 saturated carbocycles. The molecular formula is C12H22N2O2. The molecule has 1 aliphatic carbocycles. The van der Waals surface area contributed by atoms with Crippen LogP contribution in [0.25, 0.3) is 0 Å². The van der Waals surface area contributed by atoms with Crippen LogP contribution in [0.3, 0.4) is 0 Å². The highest BCUT2D eigenvalue weighted by molar-refractivity contribution is 5.83. The SMILES string of the molecule is CCN(CCC1(O)CCC1)C1CCNC1=O. The number of rotatable bonds is 5. The topological polar surface area (TPSA) is 52.6 Å². The fourth-order valence-electron chi connectivity index (χ4n) is 2.65. The summed E-state index contributed by atoms with van der Waals surface area (Å²) in [5, 5.41) is 12.9. The first-order valence-electron chi connectivity index (χ1n) is 6.39. The molecule has 0 bridgehead atoms. The van der Waals surface area contributed by atoms with Crippen LogP contribution in [0.5, 0.6) is 0 Å². The summed E-state index contributed by atoms with van der Waals surface area (Å²) in [6.07, 6.45) is 4.73. The number of nitrogens with one attached hydrogen (secondary N) is 1. The molecule has 2 aliphatic rings. The Morgan fingerprint density at radius 3 is 2.75 bits per heavy atom. The van der Waals surface area contributed by atoms with Crippen LogP contribution in [0.15, 0.2) is 0 Å². The summed E-state index contributed by atoms with van der Waals surface area (Å²) >= 11 is 0. The van der Waals surface area contributed by atoms with E-state index in [0.717, 1.165) is 51.7 Å². The van der Waals surface area contributed by atoms with Gasteiger partial charge in [-0.1, -0.05) is 6.92 Å². The van der Waals surface area contributed by atoms with Crippen molar-refractivity contribution in [2.75, 3.05) is 19.6 Å². The molecule has 0 aromatic heterocycles. The van der Waals surface area contributed by atoms with Crippen molar-refractivity contribution in [1.29, 1.82) is 0 Å². The monoisotopic (exact) mass is 226 g/mol. The van der Waals surface area contributed by atoms with Crippen molar-refractivity contribution in [3.05, 3.63) is 0 Å². The molecule has 4 heteroatoms. The smallest absolute Gasteiger partial charge is 0.237 e. The van der Waals surface area contributed by atoms with Crippen LogP contribution >= 0.6 is 0 Å². The van der Waals surface area contributed by atoms with Crippen molar-refractivity contribution < 1.29 is 9.90 Å². The van der Waals surface area contributed by atoms with Gasteiger partial charge in [0, 0.05) is 13.1 Å². The second kappa shape index (κ2) is 4.72. The van der Waals surface area contributed by atoms with Crippen LogP contribution in [0.1, 0.15) is 39.0 Å². The molecule has 2 fully saturated rings. The van der Waals surface area contributed by atoms with Crippen molar-refractivity contribution in [2.45, 2.75) is 50.7 Å². The zero-order valence-corrected chi connectivity index (χ0v) is 10.0. The van der Waals surface area contributed by atoms with Crippen LogP contribution in [0, 0.1) is 0 Å². The van der Waals surface area contributed by atoms with Crippen LogP contribution < -0.4 is 5.32 Å². The predicted octanol–water partition coefficient (Wildman–Crippen LogP) is 0.502. The summed E-state index contributed by atoms with van der Waals surface area (Å²) < 4.78 is 0. The molecule has 2 rings (SSSR count). The predicted molar refractivity (Wildman–Crippen MR) is 62.1 cm³/mol. The molecule has 1 aliphatic heterocycles. The fourth-order valence-corrected chi connectivity index (χ4v) is 2.65. The summed E-state index contributed by atoms with van der Waals surface area (Å²) in [5.74, 6) is 0.155. The van der Waals surface area contributed by atoms with E-state index in [2.05, 4.69) is 17.1 Å². The lowest BCUT2D eigenvalue weighted by Crippen LogP contribution is -2.45. The Morgan fingerprint density at radius 2 is 2.31 bits per heavy atom. The maximum Gasteiger partial charge on any atom is 0.237 e. The van der Waals surface area contributed by atoms with Crippen molar-refractivity contribution in [2.24, 2.45) is 0 Å². The van der Waals surface area contributed by atoms with Crippen LogP contribution in [0.2, 0.25) is 0 Å². The van der Waals surface area contributed by atoms with Crippen molar-refractivity contribution >= 4 is 5.91 Å². The standard InChI is InChI=1S/C12H22N2O2/c1-2-14(10-4-8-13-11(10)15)9-7-12(16)5-3-6-12/h10,16H,2-9H2,1H3,(H,13,15). The summed E-state index contributed by atoms with van der Waals surface area (Å²) in [5.41, 5.74) is -0.428. The van der Waals surface area contributed by atoms with E-state index in [1.807, 2.05) is 0 Å². The number of hydrogen-bond acceptors (Lipinski definition) is 3. The van der Waals surface area contributed by atoms with E-state index in [4.69, 9.17) is 0 Å². The van der Waals surface area contributed by atoms with E-state index < -0.39 is 5.60 Å². The number of carbonyl (C=O) groups excluding carboxylic acids is 1. The van der Waals surface area contributed by atoms with E-state index in [0.29, 0.717) is 0 Å². The molecule has 2 N–H and O–H groups in total. The molecule has 4 nitrogen and oxygen atoms in total. The quantitative estimate of drug-likeness (QED) is 0.718. The van der Waals surface area contributed by atoms with E-state index in [1.54, 1.807) is 0 Å². The largest absolute Gasteiger partial charge is 0.390 e. The second-order valence-corrected chi connectivity index (χ2v) is 5.05. The van der Waals surface area contributed by atoms with Gasteiger partial charge in [-0.15, -0.1) is 0 Å². The zero-order chi connectivity index (χ0) is 11.6. The minimum Gasteiger partial charge on any atom is -0.390 e. The van der Waals surface area contributed by atoms with Crippen molar-refractivity contribution in [3.63, 3.8) is 0 Å². The van der Waals surface area contributed by atoms with Crippen LogP contribution in [-0.2, 0) is 4.79 Å². The van der Waals surface area contributed by atoms with E-state index in [9.17, 15) is 9.90 Å². The molecule has 92 valence electrons. The maximum absolute atomic E-state index is 11.6. The van der Waals surface area contributed by atoms with Gasteiger partial charge in [0.15, 0.2) is 0 Å². The van der Waals surface area contributed by atoms with Crippen LogP contribution in [0.4, 0.5) is 0 Å². The number of aliphatic hydroxyl groups is 1. The first-order chi connectivity index (χ1) is 7.64. The number of hydrogen-bond donors (Lipinski definition) is 2. The molecule has 0 spiro atoms. The van der Waals surface area contributed by atoms with Gasteiger partial charge in [0.1, 0.15) is 0 Å². The molecule has 16 heavy (non-hydrogen) atoms. The van der Waals surface area contributed by atoms with Gasteiger partial charge < -0.3 is 10.4 Å².